The molecular formula is C5H8BrCl2. The van der Waals surface area contributed by atoms with Crippen LogP contribution >= 0.6 is 39.1 Å². The summed E-state index contributed by atoms with van der Waals surface area (Å²) in [4.78, 5) is 0. The minimum atomic E-state index is 0.0363. The smallest absolute Gasteiger partial charge is 0.0503 e. The predicted octanol–water partition coefficient (Wildman–Crippen LogP) is 2.82. The van der Waals surface area contributed by atoms with Crippen molar-refractivity contribution in [2.45, 2.75) is 11.8 Å². The van der Waals surface area contributed by atoms with Crippen LogP contribution in [0.2, 0.25) is 0 Å². The highest BCUT2D eigenvalue weighted by Gasteiger charge is 1.99. The van der Waals surface area contributed by atoms with E-state index >= 15 is 0 Å². The molecule has 1 unspecified atom stereocenters. The Kier molecular flexibility index (Phi) is 7.00. The molecule has 1 radical (unpaired) electrons. The van der Waals surface area contributed by atoms with Crippen LogP contribution in [-0.2, 0) is 0 Å². The molecule has 0 aliphatic heterocycles. The highest BCUT2D eigenvalue weighted by Crippen LogP contribution is 2.06. The molecule has 49 valence electrons. The molecule has 0 amide bonds. The van der Waals surface area contributed by atoms with Gasteiger partial charge >= 0.3 is 0 Å². The van der Waals surface area contributed by atoms with Gasteiger partial charge in [-0.15, -0.1) is 23.2 Å². The van der Waals surface area contributed by atoms with Gasteiger partial charge in [-0.1, -0.05) is 15.9 Å². The van der Waals surface area contributed by atoms with Gasteiger partial charge in [0.2, 0.25) is 0 Å². The first-order chi connectivity index (χ1) is 3.81. The summed E-state index contributed by atoms with van der Waals surface area (Å²) in [7, 11) is 0. The Hall–Kier alpha value is 1.06. The van der Waals surface area contributed by atoms with Crippen LogP contribution in [0.1, 0.15) is 6.42 Å². The van der Waals surface area contributed by atoms with E-state index in [1.807, 2.05) is 6.42 Å². The molecule has 1 atom stereocenters. The van der Waals surface area contributed by atoms with Crippen LogP contribution in [0.5, 0.6) is 0 Å². The lowest BCUT2D eigenvalue weighted by Gasteiger charge is -1.99. The van der Waals surface area contributed by atoms with Crippen molar-refractivity contribution in [3.63, 3.8) is 0 Å². The molecule has 0 aliphatic rings. The van der Waals surface area contributed by atoms with E-state index in [-0.39, 0.29) is 5.38 Å². The van der Waals surface area contributed by atoms with Gasteiger partial charge in [-0.05, 0) is 12.8 Å². The second-order valence-electron chi connectivity index (χ2n) is 1.38. The van der Waals surface area contributed by atoms with Crippen molar-refractivity contribution in [1.82, 2.24) is 0 Å². The van der Waals surface area contributed by atoms with E-state index < -0.39 is 0 Å². The first-order valence-corrected chi connectivity index (χ1v) is 4.49. The zero-order valence-corrected chi connectivity index (χ0v) is 7.51. The fraction of sp³-hybridized carbons (Fsp3) is 0.800. The normalized spacial score (nSPS) is 13.9. The van der Waals surface area contributed by atoms with E-state index in [9.17, 15) is 0 Å². The Labute approximate surface area is 68.7 Å². The van der Waals surface area contributed by atoms with E-state index in [1.54, 1.807) is 0 Å². The zero-order chi connectivity index (χ0) is 6.41. The monoisotopic (exact) mass is 217 g/mol. The van der Waals surface area contributed by atoms with Crippen LogP contribution in [0.15, 0.2) is 0 Å². The molecule has 0 N–H and O–H groups in total. The summed E-state index contributed by atoms with van der Waals surface area (Å²) in [6, 6.07) is 0. The first kappa shape index (κ1) is 9.06. The van der Waals surface area contributed by atoms with E-state index in [0.29, 0.717) is 5.88 Å². The minimum Gasteiger partial charge on any atom is -0.125 e. The van der Waals surface area contributed by atoms with Gasteiger partial charge in [0.15, 0.2) is 0 Å². The Morgan fingerprint density at radius 2 is 2.25 bits per heavy atom. The van der Waals surface area contributed by atoms with Gasteiger partial charge in [0.1, 0.15) is 0 Å². The van der Waals surface area contributed by atoms with Crippen molar-refractivity contribution in [1.29, 1.82) is 0 Å². The predicted molar refractivity (Wildman–Crippen MR) is 43.1 cm³/mol. The third-order valence-corrected chi connectivity index (χ3v) is 1.96. The molecule has 0 heterocycles. The SMILES string of the molecule is ClCC(Cl)[CH]CCBr. The Bertz CT molecular complexity index is 49.7. The maximum atomic E-state index is 5.64. The highest BCUT2D eigenvalue weighted by molar-refractivity contribution is 9.09. The lowest BCUT2D eigenvalue weighted by molar-refractivity contribution is 0.996. The van der Waals surface area contributed by atoms with Gasteiger partial charge in [-0.2, -0.15) is 0 Å². The van der Waals surface area contributed by atoms with Gasteiger partial charge in [0, 0.05) is 11.2 Å². The van der Waals surface area contributed by atoms with Crippen LogP contribution in [-0.4, -0.2) is 16.6 Å². The molecule has 0 nitrogen and oxygen atoms in total. The zero-order valence-electron chi connectivity index (χ0n) is 4.41. The first-order valence-electron chi connectivity index (χ1n) is 2.40. The summed E-state index contributed by atoms with van der Waals surface area (Å²) in [6.07, 6.45) is 2.98. The van der Waals surface area contributed by atoms with Crippen LogP contribution in [0, 0.1) is 6.42 Å². The summed E-state index contributed by atoms with van der Waals surface area (Å²) in [5, 5.41) is 1.00. The van der Waals surface area contributed by atoms with Crippen molar-refractivity contribution in [2.75, 3.05) is 11.2 Å². The second-order valence-corrected chi connectivity index (χ2v) is 3.05. The number of rotatable bonds is 4. The Morgan fingerprint density at radius 3 is 2.62 bits per heavy atom. The molecule has 3 heteroatoms. The molecule has 0 rings (SSSR count). The molecular weight excluding hydrogens is 211 g/mol. The fourth-order valence-corrected chi connectivity index (χ4v) is 0.823. The number of hydrogen-bond donors (Lipinski definition) is 0. The maximum Gasteiger partial charge on any atom is 0.0503 e. The molecule has 8 heavy (non-hydrogen) atoms. The average molecular weight is 219 g/mol. The van der Waals surface area contributed by atoms with E-state index in [1.165, 1.54) is 0 Å². The van der Waals surface area contributed by atoms with Gasteiger partial charge in [0.05, 0.1) is 5.38 Å². The number of halogens is 3. The van der Waals surface area contributed by atoms with Gasteiger partial charge < -0.3 is 0 Å². The topological polar surface area (TPSA) is 0 Å². The van der Waals surface area contributed by atoms with Crippen molar-refractivity contribution < 1.29 is 0 Å². The van der Waals surface area contributed by atoms with Crippen LogP contribution in [0.25, 0.3) is 0 Å². The molecule has 0 saturated carbocycles. The molecule has 0 bridgehead atoms. The number of alkyl halides is 3. The molecule has 0 aromatic carbocycles. The highest BCUT2D eigenvalue weighted by atomic mass is 79.9. The standard InChI is InChI=1S/C5H8BrCl2/c6-3-1-2-5(8)4-7/h2,5H,1,3-4H2. The minimum absolute atomic E-state index is 0.0363. The summed E-state index contributed by atoms with van der Waals surface area (Å²) < 4.78 is 0. The Balaban J connectivity index is 2.86. The van der Waals surface area contributed by atoms with E-state index in [2.05, 4.69) is 15.9 Å². The maximum absolute atomic E-state index is 5.64. The average Bonchev–Trinajstić information content (AvgIpc) is 1.83. The summed E-state index contributed by atoms with van der Waals surface area (Å²) >= 11 is 14.3. The molecule has 0 aliphatic carbocycles. The van der Waals surface area contributed by atoms with Crippen molar-refractivity contribution in [3.8, 4) is 0 Å². The fourth-order valence-electron chi connectivity index (χ4n) is 0.307. The molecule has 0 spiro atoms. The molecule has 0 aromatic rings. The Morgan fingerprint density at radius 1 is 1.62 bits per heavy atom. The summed E-state index contributed by atoms with van der Waals surface area (Å²) in [5.74, 6) is 0.508. The van der Waals surface area contributed by atoms with Crippen molar-refractivity contribution in [2.24, 2.45) is 0 Å². The quantitative estimate of drug-likeness (QED) is 0.637. The van der Waals surface area contributed by atoms with Crippen molar-refractivity contribution >= 4 is 39.1 Å². The summed E-state index contributed by atoms with van der Waals surface area (Å²) in [5.41, 5.74) is 0. The van der Waals surface area contributed by atoms with Gasteiger partial charge in [-0.3, -0.25) is 0 Å². The van der Waals surface area contributed by atoms with Crippen molar-refractivity contribution in [3.05, 3.63) is 6.42 Å². The van der Waals surface area contributed by atoms with Crippen LogP contribution in [0.4, 0.5) is 0 Å². The molecule has 0 saturated heterocycles. The largest absolute Gasteiger partial charge is 0.125 e. The van der Waals surface area contributed by atoms with Crippen LogP contribution in [0.3, 0.4) is 0 Å². The third-order valence-electron chi connectivity index (χ3n) is 0.679. The second kappa shape index (κ2) is 6.18. The van der Waals surface area contributed by atoms with Crippen LogP contribution < -0.4 is 0 Å². The van der Waals surface area contributed by atoms with Gasteiger partial charge in [-0.25, -0.2) is 0 Å². The van der Waals surface area contributed by atoms with Gasteiger partial charge in [0.25, 0.3) is 0 Å². The van der Waals surface area contributed by atoms with E-state index in [4.69, 9.17) is 23.2 Å². The van der Waals surface area contributed by atoms with E-state index in [0.717, 1.165) is 11.8 Å². The molecule has 0 fully saturated rings. The third kappa shape index (κ3) is 5.20. The number of hydrogen-bond acceptors (Lipinski definition) is 0. The lowest BCUT2D eigenvalue weighted by Crippen LogP contribution is -2.00. The summed E-state index contributed by atoms with van der Waals surface area (Å²) in [6.45, 7) is 0. The lowest BCUT2D eigenvalue weighted by atomic mass is 10.3. The molecule has 0 aromatic heterocycles.